The maximum atomic E-state index is 11.8. The van der Waals surface area contributed by atoms with Crippen molar-refractivity contribution >= 4 is 32.9 Å². The lowest BCUT2D eigenvalue weighted by atomic mass is 10.2. The molecule has 1 N–H and O–H groups in total. The highest BCUT2D eigenvalue weighted by atomic mass is 79.9. The maximum Gasteiger partial charge on any atom is 0.287 e. The van der Waals surface area contributed by atoms with Crippen molar-refractivity contribution in [1.82, 2.24) is 10.3 Å². The molecule has 3 aromatic rings. The van der Waals surface area contributed by atoms with Crippen LogP contribution in [0.1, 0.15) is 22.0 Å². The Balaban J connectivity index is 1.71. The second kappa shape index (κ2) is 5.13. The lowest BCUT2D eigenvalue weighted by Crippen LogP contribution is -2.22. The van der Waals surface area contributed by atoms with Crippen LogP contribution in [-0.4, -0.2) is 10.9 Å². The van der Waals surface area contributed by atoms with E-state index in [-0.39, 0.29) is 11.7 Å². The Bertz CT molecular complexity index is 776. The van der Waals surface area contributed by atoms with Crippen LogP contribution in [0.15, 0.2) is 43.8 Å². The second-order valence-electron chi connectivity index (χ2n) is 4.32. The molecule has 2 aromatic heterocycles. The fraction of sp³-hybridized carbons (Fsp3) is 0.143. The molecule has 3 rings (SSSR count). The number of amides is 1. The van der Waals surface area contributed by atoms with Crippen molar-refractivity contribution < 1.29 is 13.6 Å². The summed E-state index contributed by atoms with van der Waals surface area (Å²) in [6.45, 7) is 2.20. The zero-order valence-corrected chi connectivity index (χ0v) is 12.2. The van der Waals surface area contributed by atoms with Crippen LogP contribution >= 0.6 is 15.9 Å². The number of hydrogen-bond donors (Lipinski definition) is 1. The summed E-state index contributed by atoms with van der Waals surface area (Å²) in [6, 6.07) is 8.93. The molecule has 0 aliphatic carbocycles. The van der Waals surface area contributed by atoms with Gasteiger partial charge >= 0.3 is 0 Å². The van der Waals surface area contributed by atoms with Crippen LogP contribution in [0.25, 0.3) is 11.1 Å². The molecule has 0 aliphatic heterocycles. The number of halogens is 1. The lowest BCUT2D eigenvalue weighted by Gasteiger charge is -2.03. The van der Waals surface area contributed by atoms with Gasteiger partial charge in [0.2, 0.25) is 0 Å². The standard InChI is InChI=1S/C14H11BrN2O3/c1-8-17-10-6-9(2-3-11(10)19-8)7-16-14(18)12-4-5-13(15)20-12/h2-6H,7H2,1H3,(H,16,18). The van der Waals surface area contributed by atoms with E-state index < -0.39 is 0 Å². The number of carbonyl (C=O) groups excluding carboxylic acids is 1. The highest BCUT2D eigenvalue weighted by molar-refractivity contribution is 9.10. The van der Waals surface area contributed by atoms with Gasteiger partial charge in [0, 0.05) is 13.5 Å². The first-order chi connectivity index (χ1) is 9.61. The Kier molecular flexibility index (Phi) is 3.31. The van der Waals surface area contributed by atoms with Crippen molar-refractivity contribution in [3.63, 3.8) is 0 Å². The number of aryl methyl sites for hydroxylation is 1. The Morgan fingerprint density at radius 3 is 2.90 bits per heavy atom. The largest absolute Gasteiger partial charge is 0.444 e. The number of furan rings is 1. The molecule has 0 radical (unpaired) electrons. The van der Waals surface area contributed by atoms with Gasteiger partial charge in [-0.1, -0.05) is 6.07 Å². The predicted octanol–water partition coefficient (Wildman–Crippen LogP) is 3.42. The van der Waals surface area contributed by atoms with Gasteiger partial charge in [0.15, 0.2) is 21.9 Å². The number of rotatable bonds is 3. The predicted molar refractivity (Wildman–Crippen MR) is 76.3 cm³/mol. The van der Waals surface area contributed by atoms with Crippen molar-refractivity contribution in [1.29, 1.82) is 0 Å². The van der Waals surface area contributed by atoms with Gasteiger partial charge in [0.05, 0.1) is 0 Å². The molecule has 6 heteroatoms. The number of fused-ring (bicyclic) bond motifs is 1. The van der Waals surface area contributed by atoms with E-state index in [2.05, 4.69) is 26.2 Å². The van der Waals surface area contributed by atoms with E-state index in [1.54, 1.807) is 19.1 Å². The highest BCUT2D eigenvalue weighted by Crippen LogP contribution is 2.17. The molecule has 2 heterocycles. The molecule has 0 aliphatic rings. The number of nitrogens with one attached hydrogen (secondary N) is 1. The molecule has 1 amide bonds. The Labute approximate surface area is 123 Å². The van der Waals surface area contributed by atoms with Crippen molar-refractivity contribution in [2.24, 2.45) is 0 Å². The first-order valence-corrected chi connectivity index (χ1v) is 6.81. The second-order valence-corrected chi connectivity index (χ2v) is 5.10. The molecule has 102 valence electrons. The van der Waals surface area contributed by atoms with Crippen LogP contribution in [0.4, 0.5) is 0 Å². The van der Waals surface area contributed by atoms with E-state index in [9.17, 15) is 4.79 Å². The zero-order chi connectivity index (χ0) is 14.1. The van der Waals surface area contributed by atoms with Crippen LogP contribution < -0.4 is 5.32 Å². The molecular formula is C14H11BrN2O3. The Hall–Kier alpha value is -2.08. The van der Waals surface area contributed by atoms with Crippen molar-refractivity contribution in [3.8, 4) is 0 Å². The molecule has 0 saturated heterocycles. The minimum Gasteiger partial charge on any atom is -0.444 e. The quantitative estimate of drug-likeness (QED) is 0.796. The maximum absolute atomic E-state index is 11.8. The minimum absolute atomic E-state index is 0.257. The van der Waals surface area contributed by atoms with Crippen LogP contribution in [-0.2, 0) is 6.54 Å². The van der Waals surface area contributed by atoms with Gasteiger partial charge in [-0.15, -0.1) is 0 Å². The Morgan fingerprint density at radius 2 is 2.15 bits per heavy atom. The third-order valence-electron chi connectivity index (χ3n) is 2.81. The minimum atomic E-state index is -0.257. The normalized spacial score (nSPS) is 10.9. The summed E-state index contributed by atoms with van der Waals surface area (Å²) in [6.07, 6.45) is 0. The summed E-state index contributed by atoms with van der Waals surface area (Å²) in [5.74, 6) is 0.643. The summed E-state index contributed by atoms with van der Waals surface area (Å²) in [5, 5.41) is 2.79. The monoisotopic (exact) mass is 334 g/mol. The molecule has 0 bridgehead atoms. The summed E-state index contributed by atoms with van der Waals surface area (Å²) >= 11 is 3.16. The van der Waals surface area contributed by atoms with Gasteiger partial charge in [0.1, 0.15) is 5.52 Å². The fourth-order valence-electron chi connectivity index (χ4n) is 1.90. The number of carbonyl (C=O) groups is 1. The van der Waals surface area contributed by atoms with Crippen LogP contribution in [0.2, 0.25) is 0 Å². The van der Waals surface area contributed by atoms with Crippen molar-refractivity contribution in [3.05, 3.63) is 52.2 Å². The summed E-state index contributed by atoms with van der Waals surface area (Å²) in [7, 11) is 0. The van der Waals surface area contributed by atoms with E-state index in [1.165, 1.54) is 0 Å². The molecule has 0 unspecified atom stereocenters. The van der Waals surface area contributed by atoms with Gasteiger partial charge < -0.3 is 14.2 Å². The van der Waals surface area contributed by atoms with E-state index in [0.29, 0.717) is 17.1 Å². The van der Waals surface area contributed by atoms with Gasteiger partial charge in [0.25, 0.3) is 5.91 Å². The van der Waals surface area contributed by atoms with E-state index in [4.69, 9.17) is 8.83 Å². The molecule has 0 fully saturated rings. The summed E-state index contributed by atoms with van der Waals surface area (Å²) in [4.78, 5) is 16.1. The van der Waals surface area contributed by atoms with Crippen LogP contribution in [0, 0.1) is 6.92 Å². The first kappa shape index (κ1) is 12.9. The number of aromatic nitrogens is 1. The molecule has 0 spiro atoms. The van der Waals surface area contributed by atoms with Gasteiger partial charge in [-0.05, 0) is 45.8 Å². The van der Waals surface area contributed by atoms with E-state index >= 15 is 0 Å². The number of oxazole rings is 1. The van der Waals surface area contributed by atoms with Gasteiger partial charge in [-0.25, -0.2) is 4.98 Å². The summed E-state index contributed by atoms with van der Waals surface area (Å²) in [5.41, 5.74) is 2.48. The van der Waals surface area contributed by atoms with E-state index in [1.807, 2.05) is 18.2 Å². The third kappa shape index (κ3) is 2.60. The Morgan fingerprint density at radius 1 is 1.30 bits per heavy atom. The number of nitrogens with zero attached hydrogens (tertiary/aromatic N) is 1. The zero-order valence-electron chi connectivity index (χ0n) is 10.6. The lowest BCUT2D eigenvalue weighted by molar-refractivity contribution is 0.0922. The first-order valence-electron chi connectivity index (χ1n) is 6.01. The van der Waals surface area contributed by atoms with E-state index in [0.717, 1.165) is 16.7 Å². The van der Waals surface area contributed by atoms with Gasteiger partial charge in [-0.2, -0.15) is 0 Å². The topological polar surface area (TPSA) is 68.3 Å². The number of benzene rings is 1. The smallest absolute Gasteiger partial charge is 0.287 e. The number of hydrogen-bond acceptors (Lipinski definition) is 4. The third-order valence-corrected chi connectivity index (χ3v) is 3.24. The molecule has 20 heavy (non-hydrogen) atoms. The fourth-order valence-corrected chi connectivity index (χ4v) is 2.21. The van der Waals surface area contributed by atoms with Crippen LogP contribution in [0.3, 0.4) is 0 Å². The average molecular weight is 335 g/mol. The van der Waals surface area contributed by atoms with Gasteiger partial charge in [-0.3, -0.25) is 4.79 Å². The SMILES string of the molecule is Cc1nc2cc(CNC(=O)c3ccc(Br)o3)ccc2o1. The molecular weight excluding hydrogens is 324 g/mol. The molecule has 0 atom stereocenters. The summed E-state index contributed by atoms with van der Waals surface area (Å²) < 4.78 is 11.1. The van der Waals surface area contributed by atoms with Crippen molar-refractivity contribution in [2.45, 2.75) is 13.5 Å². The molecule has 0 saturated carbocycles. The molecule has 1 aromatic carbocycles. The van der Waals surface area contributed by atoms with Crippen molar-refractivity contribution in [2.75, 3.05) is 0 Å². The van der Waals surface area contributed by atoms with Crippen LogP contribution in [0.5, 0.6) is 0 Å². The average Bonchev–Trinajstić information content (AvgIpc) is 3.00. The molecule has 5 nitrogen and oxygen atoms in total. The highest BCUT2D eigenvalue weighted by Gasteiger charge is 2.10.